The molecule has 0 saturated heterocycles. The van der Waals surface area contributed by atoms with Crippen LogP contribution < -0.4 is 14.9 Å². The number of carbonyl (C=O) groups excluding carboxylic acids is 1. The fourth-order valence-corrected chi connectivity index (χ4v) is 5.62. The molecule has 5 rings (SSSR count). The molecule has 0 aliphatic carbocycles. The molecule has 13 heteroatoms. The number of fused-ring (bicyclic) bond motifs is 1. The van der Waals surface area contributed by atoms with Crippen LogP contribution in [0.15, 0.2) is 80.1 Å². The Bertz CT molecular complexity index is 1950. The highest BCUT2D eigenvalue weighted by Gasteiger charge is 2.35. The van der Waals surface area contributed by atoms with Crippen molar-refractivity contribution in [2.75, 3.05) is 6.61 Å². The maximum Gasteiger partial charge on any atom is 0.338 e. The summed E-state index contributed by atoms with van der Waals surface area (Å²) in [5.74, 6) is -0.125. The van der Waals surface area contributed by atoms with Crippen LogP contribution >= 0.6 is 11.3 Å². The Hall–Kier alpha value is -5.17. The maximum atomic E-state index is 13.8. The Morgan fingerprint density at radius 2 is 1.83 bits per heavy atom. The molecule has 0 unspecified atom stereocenters. The number of ether oxygens (including phenoxy) is 1. The number of furan rings is 1. The second-order valence-electron chi connectivity index (χ2n) is 9.11. The summed E-state index contributed by atoms with van der Waals surface area (Å²) in [6.45, 7) is 5.17. The van der Waals surface area contributed by atoms with E-state index in [2.05, 4.69) is 4.99 Å². The first kappa shape index (κ1) is 27.4. The normalized spacial score (nSPS) is 14.9. The first-order chi connectivity index (χ1) is 19.6. The number of nitro groups is 2. The molecule has 208 valence electrons. The Morgan fingerprint density at radius 1 is 1.10 bits per heavy atom. The third-order valence-corrected chi connectivity index (χ3v) is 7.47. The number of aromatic nitrogens is 1. The van der Waals surface area contributed by atoms with Crippen LogP contribution in [0.4, 0.5) is 11.4 Å². The van der Waals surface area contributed by atoms with Crippen LogP contribution in [0.3, 0.4) is 0 Å². The summed E-state index contributed by atoms with van der Waals surface area (Å²) in [5, 5.41) is 22.6. The van der Waals surface area contributed by atoms with Crippen molar-refractivity contribution >= 4 is 34.8 Å². The van der Waals surface area contributed by atoms with Gasteiger partial charge in [-0.3, -0.25) is 29.6 Å². The first-order valence-corrected chi connectivity index (χ1v) is 13.2. The van der Waals surface area contributed by atoms with E-state index in [1.165, 1.54) is 41.0 Å². The van der Waals surface area contributed by atoms with Crippen molar-refractivity contribution in [2.24, 2.45) is 4.99 Å². The standard InChI is InChI=1S/C28H22N4O8S/c1-4-39-27(34)24-16(3)29-28-30(26(33)23(41-28)13-17-6-5-7-18(12-17)31(35)36)25(24)22-11-10-21(40-22)20-14-19(32(37)38)9-8-15(20)2/h5-14,25H,4H2,1-3H3/b23-13-/t25-/m1/s1. The van der Waals surface area contributed by atoms with Crippen LogP contribution in [-0.4, -0.2) is 27.0 Å². The van der Waals surface area contributed by atoms with Crippen LogP contribution in [0.1, 0.15) is 36.8 Å². The zero-order valence-electron chi connectivity index (χ0n) is 22.0. The molecule has 0 N–H and O–H groups in total. The predicted octanol–water partition coefficient (Wildman–Crippen LogP) is 4.18. The Balaban J connectivity index is 1.69. The Morgan fingerprint density at radius 3 is 2.54 bits per heavy atom. The van der Waals surface area contributed by atoms with E-state index in [1.807, 2.05) is 0 Å². The molecule has 0 amide bonds. The molecule has 41 heavy (non-hydrogen) atoms. The second kappa shape index (κ2) is 10.8. The average Bonchev–Trinajstić information content (AvgIpc) is 3.53. The maximum absolute atomic E-state index is 13.8. The number of allylic oxidation sites excluding steroid dienone is 1. The molecule has 4 aromatic rings. The smallest absolute Gasteiger partial charge is 0.338 e. The number of nitrogens with zero attached hydrogens (tertiary/aromatic N) is 4. The number of non-ortho nitro benzene ring substituents is 2. The van der Waals surface area contributed by atoms with Gasteiger partial charge < -0.3 is 9.15 Å². The molecule has 1 atom stereocenters. The van der Waals surface area contributed by atoms with Crippen LogP contribution in [0.2, 0.25) is 0 Å². The molecule has 1 aliphatic heterocycles. The van der Waals surface area contributed by atoms with E-state index < -0.39 is 27.4 Å². The molecule has 1 aliphatic rings. The zero-order chi connectivity index (χ0) is 29.4. The van der Waals surface area contributed by atoms with E-state index in [1.54, 1.807) is 45.0 Å². The van der Waals surface area contributed by atoms with Gasteiger partial charge in [0.1, 0.15) is 17.6 Å². The van der Waals surface area contributed by atoms with E-state index in [-0.39, 0.29) is 33.8 Å². The molecule has 3 heterocycles. The van der Waals surface area contributed by atoms with E-state index >= 15 is 0 Å². The van der Waals surface area contributed by atoms with E-state index in [9.17, 15) is 29.8 Å². The summed E-state index contributed by atoms with van der Waals surface area (Å²) < 4.78 is 13.0. The van der Waals surface area contributed by atoms with Gasteiger partial charge in [0.2, 0.25) is 0 Å². The quantitative estimate of drug-likeness (QED) is 0.180. The highest BCUT2D eigenvalue weighted by Crippen LogP contribution is 2.36. The molecule has 0 fully saturated rings. The van der Waals surface area contributed by atoms with Crippen LogP contribution in [0, 0.1) is 27.2 Å². The average molecular weight is 575 g/mol. The van der Waals surface area contributed by atoms with Gasteiger partial charge >= 0.3 is 5.97 Å². The molecular formula is C28H22N4O8S. The molecule has 2 aromatic heterocycles. The molecule has 0 bridgehead atoms. The monoisotopic (exact) mass is 574 g/mol. The number of aryl methyl sites for hydroxylation is 1. The van der Waals surface area contributed by atoms with E-state index in [0.717, 1.165) is 16.9 Å². The van der Waals surface area contributed by atoms with Gasteiger partial charge in [0.05, 0.1) is 32.3 Å². The number of esters is 1. The van der Waals surface area contributed by atoms with Crippen molar-refractivity contribution in [1.29, 1.82) is 0 Å². The summed E-state index contributed by atoms with van der Waals surface area (Å²) in [6.07, 6.45) is 1.53. The number of nitro benzene ring substituents is 2. The minimum Gasteiger partial charge on any atom is -0.463 e. The number of thiazole rings is 1. The molecule has 0 spiro atoms. The lowest BCUT2D eigenvalue weighted by atomic mass is 10.0. The molecular weight excluding hydrogens is 552 g/mol. The zero-order valence-corrected chi connectivity index (χ0v) is 22.8. The topological polar surface area (TPSA) is 160 Å². The summed E-state index contributed by atoms with van der Waals surface area (Å²) in [6, 6.07) is 12.5. The molecule has 2 aromatic carbocycles. The molecule has 0 radical (unpaired) electrons. The van der Waals surface area contributed by atoms with Gasteiger partial charge in [0.25, 0.3) is 16.9 Å². The van der Waals surface area contributed by atoms with Gasteiger partial charge in [-0.2, -0.15) is 0 Å². The highest BCUT2D eigenvalue weighted by atomic mass is 32.1. The SMILES string of the molecule is CCOC(=O)C1=C(C)N=c2s/c(=C\c3cccc([N+](=O)[O-])c3)c(=O)n2[C@@H]1c1ccc(-c2cc([N+](=O)[O-])ccc2C)o1. The third-order valence-electron chi connectivity index (χ3n) is 6.49. The van der Waals surface area contributed by atoms with Gasteiger partial charge in [0, 0.05) is 29.8 Å². The lowest BCUT2D eigenvalue weighted by Crippen LogP contribution is -2.39. The summed E-state index contributed by atoms with van der Waals surface area (Å²) in [4.78, 5) is 53.2. The van der Waals surface area contributed by atoms with Gasteiger partial charge in [-0.1, -0.05) is 29.5 Å². The number of hydrogen-bond acceptors (Lipinski definition) is 10. The van der Waals surface area contributed by atoms with Crippen LogP contribution in [0.5, 0.6) is 0 Å². The van der Waals surface area contributed by atoms with Gasteiger partial charge in [-0.25, -0.2) is 9.79 Å². The number of carbonyl (C=O) groups is 1. The second-order valence-corrected chi connectivity index (χ2v) is 10.1. The number of hydrogen-bond donors (Lipinski definition) is 0. The number of rotatable bonds is 7. The van der Waals surface area contributed by atoms with Gasteiger partial charge in [-0.05, 0) is 50.1 Å². The van der Waals surface area contributed by atoms with Crippen LogP contribution in [-0.2, 0) is 9.53 Å². The van der Waals surface area contributed by atoms with Crippen molar-refractivity contribution in [3.63, 3.8) is 0 Å². The van der Waals surface area contributed by atoms with E-state index in [0.29, 0.717) is 27.4 Å². The third kappa shape index (κ3) is 5.10. The summed E-state index contributed by atoms with van der Waals surface area (Å²) in [5.41, 5.74) is 1.40. The van der Waals surface area contributed by atoms with Gasteiger partial charge in [0.15, 0.2) is 4.80 Å². The minimum atomic E-state index is -1.04. The fraction of sp³-hybridized carbons (Fsp3) is 0.179. The van der Waals surface area contributed by atoms with Crippen molar-refractivity contribution in [1.82, 2.24) is 4.57 Å². The van der Waals surface area contributed by atoms with Crippen molar-refractivity contribution in [3.8, 4) is 11.3 Å². The Kier molecular flexibility index (Phi) is 7.20. The summed E-state index contributed by atoms with van der Waals surface area (Å²) >= 11 is 1.07. The molecule has 12 nitrogen and oxygen atoms in total. The first-order valence-electron chi connectivity index (χ1n) is 12.4. The predicted molar refractivity (Wildman–Crippen MR) is 149 cm³/mol. The lowest BCUT2D eigenvalue weighted by molar-refractivity contribution is -0.385. The molecule has 0 saturated carbocycles. The minimum absolute atomic E-state index is 0.0931. The van der Waals surface area contributed by atoms with Crippen LogP contribution in [0.25, 0.3) is 17.4 Å². The summed E-state index contributed by atoms with van der Waals surface area (Å²) in [7, 11) is 0. The fourth-order valence-electron chi connectivity index (χ4n) is 4.57. The van der Waals surface area contributed by atoms with Gasteiger partial charge in [-0.15, -0.1) is 0 Å². The largest absolute Gasteiger partial charge is 0.463 e. The van der Waals surface area contributed by atoms with Crippen molar-refractivity contribution < 1.29 is 23.8 Å². The lowest BCUT2D eigenvalue weighted by Gasteiger charge is -2.22. The van der Waals surface area contributed by atoms with Crippen molar-refractivity contribution in [2.45, 2.75) is 26.8 Å². The van der Waals surface area contributed by atoms with Crippen molar-refractivity contribution in [3.05, 3.63) is 123 Å². The highest BCUT2D eigenvalue weighted by molar-refractivity contribution is 7.07. The number of benzene rings is 2. The Labute approximate surface area is 235 Å². The van der Waals surface area contributed by atoms with E-state index in [4.69, 9.17) is 9.15 Å².